The van der Waals surface area contributed by atoms with Crippen LogP contribution < -0.4 is 14.2 Å². The Bertz CT molecular complexity index is 806. The number of hydrogen-bond acceptors (Lipinski definition) is 4. The molecule has 0 aliphatic carbocycles. The van der Waals surface area contributed by atoms with Gasteiger partial charge in [0.2, 0.25) is 10.0 Å². The molecule has 1 N–H and O–H groups in total. The van der Waals surface area contributed by atoms with E-state index >= 15 is 0 Å². The van der Waals surface area contributed by atoms with Gasteiger partial charge in [-0.2, -0.15) is 0 Å². The zero-order valence-electron chi connectivity index (χ0n) is 14.5. The van der Waals surface area contributed by atoms with E-state index in [4.69, 9.17) is 21.1 Å². The molecule has 2 rings (SSSR count). The molecule has 7 heteroatoms. The molecule has 2 aromatic carbocycles. The molecule has 0 bridgehead atoms. The first-order valence-electron chi connectivity index (χ1n) is 7.84. The lowest BCUT2D eigenvalue weighted by Crippen LogP contribution is -2.32. The number of halogens is 1. The fraction of sp³-hybridized carbons (Fsp3) is 0.333. The van der Waals surface area contributed by atoms with E-state index in [1.54, 1.807) is 13.2 Å². The number of sulfonamides is 1. The van der Waals surface area contributed by atoms with Gasteiger partial charge >= 0.3 is 0 Å². The summed E-state index contributed by atoms with van der Waals surface area (Å²) < 4.78 is 37.8. The molecular formula is C18H22ClNO4S. The Morgan fingerprint density at radius 1 is 1.08 bits per heavy atom. The van der Waals surface area contributed by atoms with Gasteiger partial charge < -0.3 is 9.47 Å². The summed E-state index contributed by atoms with van der Waals surface area (Å²) in [4.78, 5) is 0.120. The molecule has 0 radical (unpaired) electrons. The summed E-state index contributed by atoms with van der Waals surface area (Å²) in [6, 6.07) is 11.9. The quantitative estimate of drug-likeness (QED) is 0.755. The molecule has 0 aliphatic heterocycles. The van der Waals surface area contributed by atoms with Crippen molar-refractivity contribution in [3.05, 3.63) is 53.1 Å². The highest BCUT2D eigenvalue weighted by atomic mass is 35.5. The average Bonchev–Trinajstić information content (AvgIpc) is 2.60. The molecule has 1 atom stereocenters. The molecule has 0 saturated heterocycles. The highest BCUT2D eigenvalue weighted by Gasteiger charge is 2.18. The number of hydrogen-bond donors (Lipinski definition) is 1. The Balaban J connectivity index is 1.98. The largest absolute Gasteiger partial charge is 0.497 e. The van der Waals surface area contributed by atoms with E-state index in [1.165, 1.54) is 19.2 Å². The molecule has 0 fully saturated rings. The maximum atomic E-state index is 12.5. The smallest absolute Gasteiger partial charge is 0.240 e. The zero-order valence-corrected chi connectivity index (χ0v) is 16.0. The summed E-state index contributed by atoms with van der Waals surface area (Å²) in [7, 11) is -0.529. The monoisotopic (exact) mass is 383 g/mol. The molecule has 25 heavy (non-hydrogen) atoms. The highest BCUT2D eigenvalue weighted by Crippen LogP contribution is 2.27. The van der Waals surface area contributed by atoms with Gasteiger partial charge in [0.1, 0.15) is 11.5 Å². The van der Waals surface area contributed by atoms with Crippen LogP contribution in [0.5, 0.6) is 11.5 Å². The van der Waals surface area contributed by atoms with Crippen molar-refractivity contribution in [1.82, 2.24) is 4.72 Å². The van der Waals surface area contributed by atoms with Crippen LogP contribution in [0.3, 0.4) is 0 Å². The maximum absolute atomic E-state index is 12.5. The predicted octanol–water partition coefficient (Wildman–Crippen LogP) is 3.66. The van der Waals surface area contributed by atoms with E-state index < -0.39 is 10.0 Å². The fourth-order valence-corrected chi connectivity index (χ4v) is 4.01. The Morgan fingerprint density at radius 3 is 2.32 bits per heavy atom. The Hall–Kier alpha value is -1.76. The number of methoxy groups -OCH3 is 2. The fourth-order valence-electron chi connectivity index (χ4n) is 2.38. The molecule has 0 amide bonds. The third-order valence-corrected chi connectivity index (χ3v) is 5.70. The van der Waals surface area contributed by atoms with Crippen LogP contribution in [0.4, 0.5) is 0 Å². The van der Waals surface area contributed by atoms with Gasteiger partial charge in [0.05, 0.1) is 24.1 Å². The standard InChI is InChI=1S/C18H22ClNO4S/c1-13(4-5-14-6-8-15(23-2)9-7-14)20-25(21,22)16-10-11-18(24-3)17(19)12-16/h6-13,20H,4-5H2,1-3H3. The number of rotatable bonds is 8. The Labute approximate surface area is 154 Å². The summed E-state index contributed by atoms with van der Waals surface area (Å²) >= 11 is 6.01. The minimum atomic E-state index is -3.63. The van der Waals surface area contributed by atoms with Gasteiger partial charge in [-0.15, -0.1) is 0 Å². The van der Waals surface area contributed by atoms with Crippen molar-refractivity contribution >= 4 is 21.6 Å². The van der Waals surface area contributed by atoms with Gasteiger partial charge in [0.15, 0.2) is 0 Å². The summed E-state index contributed by atoms with van der Waals surface area (Å²) in [6.07, 6.45) is 1.44. The molecule has 2 aromatic rings. The Kier molecular flexibility index (Phi) is 6.70. The predicted molar refractivity (Wildman–Crippen MR) is 99.1 cm³/mol. The van der Waals surface area contributed by atoms with Crippen LogP contribution in [0.25, 0.3) is 0 Å². The first-order valence-corrected chi connectivity index (χ1v) is 9.70. The van der Waals surface area contributed by atoms with Gasteiger partial charge in [0, 0.05) is 6.04 Å². The number of aryl methyl sites for hydroxylation is 1. The van der Waals surface area contributed by atoms with Crippen molar-refractivity contribution in [2.45, 2.75) is 30.7 Å². The van der Waals surface area contributed by atoms with E-state index in [0.717, 1.165) is 17.7 Å². The average molecular weight is 384 g/mol. The minimum Gasteiger partial charge on any atom is -0.497 e. The van der Waals surface area contributed by atoms with Crippen molar-refractivity contribution in [3.63, 3.8) is 0 Å². The van der Waals surface area contributed by atoms with Crippen LogP contribution in [0.15, 0.2) is 47.4 Å². The Morgan fingerprint density at radius 2 is 1.76 bits per heavy atom. The van der Waals surface area contributed by atoms with Crippen LogP contribution in [0.1, 0.15) is 18.9 Å². The molecule has 0 aliphatic rings. The number of ether oxygens (including phenoxy) is 2. The van der Waals surface area contributed by atoms with Crippen molar-refractivity contribution in [1.29, 1.82) is 0 Å². The maximum Gasteiger partial charge on any atom is 0.240 e. The SMILES string of the molecule is COc1ccc(CCC(C)NS(=O)(=O)c2ccc(OC)c(Cl)c2)cc1. The minimum absolute atomic E-state index is 0.120. The van der Waals surface area contributed by atoms with Crippen molar-refractivity contribution < 1.29 is 17.9 Å². The summed E-state index contributed by atoms with van der Waals surface area (Å²) in [6.45, 7) is 1.84. The van der Waals surface area contributed by atoms with Crippen LogP contribution >= 0.6 is 11.6 Å². The van der Waals surface area contributed by atoms with Gasteiger partial charge in [-0.1, -0.05) is 23.7 Å². The number of nitrogens with one attached hydrogen (secondary N) is 1. The van der Waals surface area contributed by atoms with Gasteiger partial charge in [-0.25, -0.2) is 13.1 Å². The normalized spacial score (nSPS) is 12.6. The van der Waals surface area contributed by atoms with Gasteiger partial charge in [-0.3, -0.25) is 0 Å². The van der Waals surface area contributed by atoms with E-state index in [0.29, 0.717) is 12.2 Å². The van der Waals surface area contributed by atoms with Crippen molar-refractivity contribution in [2.75, 3.05) is 14.2 Å². The van der Waals surface area contributed by atoms with E-state index in [9.17, 15) is 8.42 Å². The molecule has 1 unspecified atom stereocenters. The third-order valence-electron chi connectivity index (χ3n) is 3.81. The lowest BCUT2D eigenvalue weighted by atomic mass is 10.1. The molecular weight excluding hydrogens is 362 g/mol. The molecule has 0 heterocycles. The number of benzene rings is 2. The van der Waals surface area contributed by atoms with Crippen molar-refractivity contribution in [2.24, 2.45) is 0 Å². The van der Waals surface area contributed by atoms with Crippen LogP contribution in [0, 0.1) is 0 Å². The summed E-state index contributed by atoms with van der Waals surface area (Å²) in [5, 5.41) is 0.260. The van der Waals surface area contributed by atoms with Crippen LogP contribution in [0.2, 0.25) is 5.02 Å². The van der Waals surface area contributed by atoms with Crippen molar-refractivity contribution in [3.8, 4) is 11.5 Å². The lowest BCUT2D eigenvalue weighted by molar-refractivity contribution is 0.414. The molecule has 0 aromatic heterocycles. The second-order valence-electron chi connectivity index (χ2n) is 5.71. The van der Waals surface area contributed by atoms with Gasteiger partial charge in [-0.05, 0) is 55.7 Å². The highest BCUT2D eigenvalue weighted by molar-refractivity contribution is 7.89. The van der Waals surface area contributed by atoms with E-state index in [2.05, 4.69) is 4.72 Å². The summed E-state index contributed by atoms with van der Waals surface area (Å²) in [5.41, 5.74) is 1.12. The lowest BCUT2D eigenvalue weighted by Gasteiger charge is -2.15. The summed E-state index contributed by atoms with van der Waals surface area (Å²) in [5.74, 6) is 1.24. The van der Waals surface area contributed by atoms with E-state index in [1.807, 2.05) is 31.2 Å². The van der Waals surface area contributed by atoms with E-state index in [-0.39, 0.29) is 16.0 Å². The third kappa shape index (κ3) is 5.36. The van der Waals surface area contributed by atoms with Gasteiger partial charge in [0.25, 0.3) is 0 Å². The topological polar surface area (TPSA) is 64.6 Å². The molecule has 5 nitrogen and oxygen atoms in total. The van der Waals surface area contributed by atoms with Crippen LogP contribution in [-0.2, 0) is 16.4 Å². The first-order chi connectivity index (χ1) is 11.9. The molecule has 0 spiro atoms. The zero-order chi connectivity index (χ0) is 18.4. The first kappa shape index (κ1) is 19.6. The molecule has 136 valence electrons. The second-order valence-corrected chi connectivity index (χ2v) is 7.83. The molecule has 0 saturated carbocycles. The second kappa shape index (κ2) is 8.56. The van der Waals surface area contributed by atoms with Crippen LogP contribution in [-0.4, -0.2) is 28.7 Å².